The molecule has 1 heterocycles. The van der Waals surface area contributed by atoms with Crippen molar-refractivity contribution in [3.63, 3.8) is 0 Å². The topological polar surface area (TPSA) is 46.5 Å². The number of benzene rings is 1. The summed E-state index contributed by atoms with van der Waals surface area (Å²) in [7, 11) is 0. The van der Waals surface area contributed by atoms with Gasteiger partial charge in [-0.25, -0.2) is 0 Å². The average molecular weight is 459 g/mol. The summed E-state index contributed by atoms with van der Waals surface area (Å²) >= 11 is 0. The van der Waals surface area contributed by atoms with Crippen molar-refractivity contribution in [3.05, 3.63) is 35.9 Å². The van der Waals surface area contributed by atoms with E-state index in [9.17, 15) is 9.90 Å². The van der Waals surface area contributed by atoms with Crippen molar-refractivity contribution in [2.24, 2.45) is 5.92 Å². The van der Waals surface area contributed by atoms with Gasteiger partial charge in [0.05, 0.1) is 5.92 Å². The molecule has 3 nitrogen and oxygen atoms in total. The maximum Gasteiger partial charge on any atom is 0.312 e. The largest absolute Gasteiger partial charge is 0.460 e. The van der Waals surface area contributed by atoms with Crippen LogP contribution in [0.2, 0.25) is 0 Å². The monoisotopic (exact) mass is 458 g/mol. The second-order valence-corrected chi connectivity index (χ2v) is 10.3. The number of unbranched alkanes of at least 4 members (excludes halogenated alkanes) is 16. The Morgan fingerprint density at radius 2 is 1.09 bits per heavy atom. The lowest BCUT2D eigenvalue weighted by Gasteiger charge is -2.11. The zero-order valence-corrected chi connectivity index (χ0v) is 21.3. The number of rotatable bonds is 20. The van der Waals surface area contributed by atoms with Gasteiger partial charge in [-0.05, 0) is 31.7 Å². The van der Waals surface area contributed by atoms with Crippen molar-refractivity contribution in [2.45, 2.75) is 141 Å². The van der Waals surface area contributed by atoms with E-state index in [-0.39, 0.29) is 18.0 Å². The standard InChI is InChI=1S/C30H50O3/c1-26-29(31)28(30(32)33-26)25-21-16-14-12-10-8-6-4-2-3-5-7-9-11-13-15-18-22-27-23-19-17-20-24-27/h17,19-20,23-24,26,28-29,31H,2-16,18,21-22,25H2,1H3/t26-,28-,29+/m0/s1. The van der Waals surface area contributed by atoms with E-state index >= 15 is 0 Å². The second kappa shape index (κ2) is 18.0. The molecule has 0 radical (unpaired) electrons. The van der Waals surface area contributed by atoms with Gasteiger partial charge in [-0.1, -0.05) is 133 Å². The predicted molar refractivity (Wildman–Crippen MR) is 138 cm³/mol. The summed E-state index contributed by atoms with van der Waals surface area (Å²) in [5.41, 5.74) is 1.48. The van der Waals surface area contributed by atoms with Crippen LogP contribution in [0.25, 0.3) is 0 Å². The van der Waals surface area contributed by atoms with Gasteiger partial charge in [0.2, 0.25) is 0 Å². The third kappa shape index (κ3) is 12.6. The summed E-state index contributed by atoms with van der Waals surface area (Å²) in [4.78, 5) is 11.7. The summed E-state index contributed by atoms with van der Waals surface area (Å²) in [6.45, 7) is 1.78. The first-order valence-corrected chi connectivity index (χ1v) is 14.1. The Bertz CT molecular complexity index is 600. The number of carbonyl (C=O) groups excluding carboxylic acids is 1. The molecule has 1 aromatic rings. The van der Waals surface area contributed by atoms with Crippen LogP contribution in [0.15, 0.2) is 30.3 Å². The van der Waals surface area contributed by atoms with Crippen molar-refractivity contribution in [2.75, 3.05) is 0 Å². The van der Waals surface area contributed by atoms with Gasteiger partial charge >= 0.3 is 5.97 Å². The molecule has 0 unspecified atom stereocenters. The van der Waals surface area contributed by atoms with E-state index in [2.05, 4.69) is 30.3 Å². The highest BCUT2D eigenvalue weighted by Gasteiger charge is 2.40. The molecular formula is C30H50O3. The average Bonchev–Trinajstić information content (AvgIpc) is 3.07. The number of hydrogen-bond donors (Lipinski definition) is 1. The number of cyclic esters (lactones) is 1. The SMILES string of the molecule is C[C@@H]1OC(=O)[C@@H](CCCCCCCCCCCCCCCCCCCc2ccccc2)[C@@H]1O. The molecule has 33 heavy (non-hydrogen) atoms. The molecule has 0 aliphatic carbocycles. The lowest BCUT2D eigenvalue weighted by atomic mass is 9.95. The van der Waals surface area contributed by atoms with E-state index in [1.54, 1.807) is 6.92 Å². The van der Waals surface area contributed by atoms with Gasteiger partial charge in [-0.2, -0.15) is 0 Å². The van der Waals surface area contributed by atoms with Crippen molar-refractivity contribution in [1.29, 1.82) is 0 Å². The minimum Gasteiger partial charge on any atom is -0.460 e. The molecule has 1 saturated heterocycles. The van der Waals surface area contributed by atoms with Crippen LogP contribution < -0.4 is 0 Å². The Balaban J connectivity index is 1.24. The maximum absolute atomic E-state index is 11.7. The van der Waals surface area contributed by atoms with Gasteiger partial charge in [0, 0.05) is 0 Å². The van der Waals surface area contributed by atoms with E-state index in [0.29, 0.717) is 0 Å². The fourth-order valence-electron chi connectivity index (χ4n) is 5.09. The molecule has 1 aliphatic rings. The van der Waals surface area contributed by atoms with E-state index in [1.165, 1.54) is 108 Å². The molecule has 0 spiro atoms. The molecule has 0 aromatic heterocycles. The van der Waals surface area contributed by atoms with Crippen LogP contribution >= 0.6 is 0 Å². The van der Waals surface area contributed by atoms with Crippen LogP contribution in [0.1, 0.15) is 128 Å². The fraction of sp³-hybridized carbons (Fsp3) is 0.767. The number of hydrogen-bond acceptors (Lipinski definition) is 3. The number of carbonyl (C=O) groups is 1. The smallest absolute Gasteiger partial charge is 0.312 e. The van der Waals surface area contributed by atoms with Crippen molar-refractivity contribution < 1.29 is 14.6 Å². The van der Waals surface area contributed by atoms with E-state index < -0.39 is 6.10 Å². The Morgan fingerprint density at radius 1 is 0.667 bits per heavy atom. The molecule has 1 fully saturated rings. The maximum atomic E-state index is 11.7. The number of ether oxygens (including phenoxy) is 1. The van der Waals surface area contributed by atoms with Crippen LogP contribution in [-0.4, -0.2) is 23.3 Å². The number of esters is 1. The molecule has 3 heteroatoms. The third-order valence-electron chi connectivity index (χ3n) is 7.32. The number of aliphatic hydroxyl groups is 1. The lowest BCUT2D eigenvalue weighted by Crippen LogP contribution is -2.24. The molecule has 1 N–H and O–H groups in total. The van der Waals surface area contributed by atoms with Crippen LogP contribution in [0.4, 0.5) is 0 Å². The van der Waals surface area contributed by atoms with Gasteiger partial charge in [0.1, 0.15) is 12.2 Å². The van der Waals surface area contributed by atoms with Crippen LogP contribution in [0.5, 0.6) is 0 Å². The molecule has 188 valence electrons. The Hall–Kier alpha value is -1.35. The van der Waals surface area contributed by atoms with E-state index in [4.69, 9.17) is 4.74 Å². The van der Waals surface area contributed by atoms with Gasteiger partial charge in [-0.15, -0.1) is 0 Å². The van der Waals surface area contributed by atoms with Crippen LogP contribution in [0.3, 0.4) is 0 Å². The summed E-state index contributed by atoms with van der Waals surface area (Å²) in [5.74, 6) is -0.491. The van der Waals surface area contributed by atoms with E-state index in [0.717, 1.165) is 19.3 Å². The molecule has 0 bridgehead atoms. The first kappa shape index (κ1) is 27.9. The first-order chi connectivity index (χ1) is 16.2. The lowest BCUT2D eigenvalue weighted by molar-refractivity contribution is -0.143. The van der Waals surface area contributed by atoms with Crippen LogP contribution in [-0.2, 0) is 16.0 Å². The van der Waals surface area contributed by atoms with Gasteiger partial charge < -0.3 is 9.84 Å². The van der Waals surface area contributed by atoms with Crippen molar-refractivity contribution in [1.82, 2.24) is 0 Å². The fourth-order valence-corrected chi connectivity index (χ4v) is 5.09. The molecule has 2 rings (SSSR count). The van der Waals surface area contributed by atoms with Crippen LogP contribution in [0, 0.1) is 5.92 Å². The predicted octanol–water partition coefficient (Wildman–Crippen LogP) is 8.17. The van der Waals surface area contributed by atoms with Gasteiger partial charge in [-0.3, -0.25) is 4.79 Å². The Kier molecular flexibility index (Phi) is 15.2. The minimum atomic E-state index is -0.604. The molecule has 0 saturated carbocycles. The molecular weight excluding hydrogens is 408 g/mol. The molecule has 1 aliphatic heterocycles. The normalized spacial score (nSPS) is 20.3. The summed E-state index contributed by atoms with van der Waals surface area (Å²) in [5, 5.41) is 9.96. The van der Waals surface area contributed by atoms with Gasteiger partial charge in [0.15, 0.2) is 0 Å². The van der Waals surface area contributed by atoms with Crippen molar-refractivity contribution in [3.8, 4) is 0 Å². The molecule has 0 amide bonds. The number of aryl methyl sites for hydroxylation is 1. The molecule has 1 aromatic carbocycles. The number of aliphatic hydroxyl groups excluding tert-OH is 1. The third-order valence-corrected chi connectivity index (χ3v) is 7.32. The molecule has 3 atom stereocenters. The Labute approximate surface area is 203 Å². The second-order valence-electron chi connectivity index (χ2n) is 10.3. The van der Waals surface area contributed by atoms with E-state index in [1.807, 2.05) is 0 Å². The summed E-state index contributed by atoms with van der Waals surface area (Å²) in [6.07, 6.45) is 24.0. The zero-order valence-electron chi connectivity index (χ0n) is 21.3. The van der Waals surface area contributed by atoms with Crippen molar-refractivity contribution >= 4 is 5.97 Å². The Morgan fingerprint density at radius 3 is 1.52 bits per heavy atom. The highest BCUT2D eigenvalue weighted by Crippen LogP contribution is 2.26. The first-order valence-electron chi connectivity index (χ1n) is 14.1. The highest BCUT2D eigenvalue weighted by molar-refractivity contribution is 5.75. The zero-order chi connectivity index (χ0) is 23.6. The summed E-state index contributed by atoms with van der Waals surface area (Å²) < 4.78 is 5.10. The minimum absolute atomic E-state index is 0.204. The highest BCUT2D eigenvalue weighted by atomic mass is 16.6. The quantitative estimate of drug-likeness (QED) is 0.158. The summed E-state index contributed by atoms with van der Waals surface area (Å²) in [6, 6.07) is 10.9. The van der Waals surface area contributed by atoms with Gasteiger partial charge in [0.25, 0.3) is 0 Å².